The van der Waals surface area contributed by atoms with Crippen molar-refractivity contribution in [3.05, 3.63) is 32.7 Å². The van der Waals surface area contributed by atoms with E-state index in [1.165, 1.54) is 5.56 Å². The number of hydrogen-bond acceptors (Lipinski definition) is 1. The van der Waals surface area contributed by atoms with Gasteiger partial charge in [-0.2, -0.15) is 0 Å². The van der Waals surface area contributed by atoms with E-state index in [9.17, 15) is 5.11 Å². The van der Waals surface area contributed by atoms with Crippen LogP contribution in [0.4, 0.5) is 0 Å². The van der Waals surface area contributed by atoms with E-state index in [2.05, 4.69) is 44.0 Å². The largest absolute Gasteiger partial charge is 0.390 e. The van der Waals surface area contributed by atoms with Gasteiger partial charge in [-0.05, 0) is 36.6 Å². The second-order valence-electron chi connectivity index (χ2n) is 3.68. The van der Waals surface area contributed by atoms with Crippen molar-refractivity contribution in [3.8, 4) is 0 Å². The first-order valence-corrected chi connectivity index (χ1v) is 5.83. The zero-order valence-corrected chi connectivity index (χ0v) is 10.2. The molecule has 1 N–H and O–H groups in total. The predicted molar refractivity (Wildman–Crippen MR) is 59.7 cm³/mol. The molecule has 0 radical (unpaired) electrons. The topological polar surface area (TPSA) is 20.2 Å². The van der Waals surface area contributed by atoms with Crippen LogP contribution in [0.1, 0.15) is 18.4 Å². The molecule has 3 heteroatoms. The highest BCUT2D eigenvalue weighted by molar-refractivity contribution is 9.11. The van der Waals surface area contributed by atoms with Gasteiger partial charge in [0.25, 0.3) is 0 Å². The molecule has 1 fully saturated rings. The van der Waals surface area contributed by atoms with Gasteiger partial charge in [0.1, 0.15) is 0 Å². The third-order valence-electron chi connectivity index (χ3n) is 2.28. The molecule has 0 spiro atoms. The van der Waals surface area contributed by atoms with E-state index >= 15 is 0 Å². The molecule has 2 rings (SSSR count). The Morgan fingerprint density at radius 1 is 1.15 bits per heavy atom. The molecular weight excluding hydrogens is 296 g/mol. The lowest BCUT2D eigenvalue weighted by Gasteiger charge is -2.08. The molecule has 0 heterocycles. The van der Waals surface area contributed by atoms with Crippen molar-refractivity contribution >= 4 is 31.9 Å². The summed E-state index contributed by atoms with van der Waals surface area (Å²) in [5.74, 6) is 0. The summed E-state index contributed by atoms with van der Waals surface area (Å²) in [6, 6.07) is 6.11. The van der Waals surface area contributed by atoms with E-state index < -0.39 is 5.60 Å². The van der Waals surface area contributed by atoms with Crippen molar-refractivity contribution in [1.82, 2.24) is 0 Å². The lowest BCUT2D eigenvalue weighted by Crippen LogP contribution is -2.10. The van der Waals surface area contributed by atoms with Crippen LogP contribution in [-0.4, -0.2) is 10.7 Å². The van der Waals surface area contributed by atoms with Crippen LogP contribution in [-0.2, 0) is 6.42 Å². The van der Waals surface area contributed by atoms with Gasteiger partial charge < -0.3 is 5.11 Å². The van der Waals surface area contributed by atoms with Gasteiger partial charge in [-0.3, -0.25) is 0 Å². The van der Waals surface area contributed by atoms with Crippen LogP contribution in [0.25, 0.3) is 0 Å². The van der Waals surface area contributed by atoms with E-state index in [0.717, 1.165) is 28.2 Å². The van der Waals surface area contributed by atoms with Crippen LogP contribution < -0.4 is 0 Å². The molecular formula is C10H10Br2O. The minimum absolute atomic E-state index is 0.403. The van der Waals surface area contributed by atoms with E-state index in [1.807, 2.05) is 6.07 Å². The second kappa shape index (κ2) is 3.37. The van der Waals surface area contributed by atoms with E-state index in [0.29, 0.717) is 0 Å². The van der Waals surface area contributed by atoms with Crippen LogP contribution in [0.3, 0.4) is 0 Å². The normalized spacial score (nSPS) is 18.7. The first-order chi connectivity index (χ1) is 6.07. The van der Waals surface area contributed by atoms with Gasteiger partial charge in [-0.25, -0.2) is 0 Å². The molecule has 1 aromatic carbocycles. The highest BCUT2D eigenvalue weighted by atomic mass is 79.9. The van der Waals surface area contributed by atoms with Crippen molar-refractivity contribution < 1.29 is 5.11 Å². The fraction of sp³-hybridized carbons (Fsp3) is 0.400. The van der Waals surface area contributed by atoms with Gasteiger partial charge in [-0.15, -0.1) is 0 Å². The van der Waals surface area contributed by atoms with Gasteiger partial charge in [-0.1, -0.05) is 31.9 Å². The molecule has 0 unspecified atom stereocenters. The van der Waals surface area contributed by atoms with E-state index in [-0.39, 0.29) is 0 Å². The molecule has 13 heavy (non-hydrogen) atoms. The minimum Gasteiger partial charge on any atom is -0.390 e. The molecule has 0 saturated heterocycles. The molecule has 0 bridgehead atoms. The highest BCUT2D eigenvalue weighted by Crippen LogP contribution is 2.38. The Labute approximate surface area is 94.4 Å². The lowest BCUT2D eigenvalue weighted by atomic mass is 10.1. The summed E-state index contributed by atoms with van der Waals surface area (Å²) >= 11 is 6.86. The summed E-state index contributed by atoms with van der Waals surface area (Å²) in [5, 5.41) is 9.73. The van der Waals surface area contributed by atoms with Crippen LogP contribution in [0.2, 0.25) is 0 Å². The molecule has 0 amide bonds. The van der Waals surface area contributed by atoms with Crippen LogP contribution in [0.15, 0.2) is 27.1 Å². The summed E-state index contributed by atoms with van der Waals surface area (Å²) in [7, 11) is 0. The molecule has 0 aliphatic heterocycles. The van der Waals surface area contributed by atoms with Gasteiger partial charge in [0.15, 0.2) is 0 Å². The average Bonchev–Trinajstić information content (AvgIpc) is 2.64. The quantitative estimate of drug-likeness (QED) is 0.889. The summed E-state index contributed by atoms with van der Waals surface area (Å²) in [4.78, 5) is 0. The first kappa shape index (κ1) is 9.69. The number of aliphatic hydroxyl groups is 1. The Morgan fingerprint density at radius 3 is 2.15 bits per heavy atom. The third kappa shape index (κ3) is 2.55. The zero-order chi connectivity index (χ0) is 9.47. The lowest BCUT2D eigenvalue weighted by molar-refractivity contribution is 0.151. The van der Waals surface area contributed by atoms with Crippen molar-refractivity contribution in [2.75, 3.05) is 0 Å². The minimum atomic E-state index is -0.403. The molecule has 0 atom stereocenters. The highest BCUT2D eigenvalue weighted by Gasteiger charge is 2.40. The van der Waals surface area contributed by atoms with Gasteiger partial charge in [0, 0.05) is 15.4 Å². The van der Waals surface area contributed by atoms with E-state index in [1.54, 1.807) is 0 Å². The average molecular weight is 306 g/mol. The molecule has 1 aliphatic rings. The van der Waals surface area contributed by atoms with Crippen molar-refractivity contribution in [3.63, 3.8) is 0 Å². The van der Waals surface area contributed by atoms with Gasteiger partial charge >= 0.3 is 0 Å². The summed E-state index contributed by atoms with van der Waals surface area (Å²) < 4.78 is 2.11. The molecule has 70 valence electrons. The fourth-order valence-electron chi connectivity index (χ4n) is 1.41. The molecule has 1 aliphatic carbocycles. The maximum atomic E-state index is 9.73. The number of rotatable bonds is 2. The van der Waals surface area contributed by atoms with Gasteiger partial charge in [0.05, 0.1) is 5.60 Å². The summed E-state index contributed by atoms with van der Waals surface area (Å²) in [6.45, 7) is 0. The van der Waals surface area contributed by atoms with E-state index in [4.69, 9.17) is 0 Å². The van der Waals surface area contributed by atoms with Crippen molar-refractivity contribution in [1.29, 1.82) is 0 Å². The molecule has 1 nitrogen and oxygen atoms in total. The standard InChI is InChI=1S/C10H10Br2O/c11-8-3-7(4-9(12)5-8)6-10(13)1-2-10/h3-5,13H,1-2,6H2. The van der Waals surface area contributed by atoms with Gasteiger partial charge in [0.2, 0.25) is 0 Å². The third-order valence-corrected chi connectivity index (χ3v) is 3.20. The van der Waals surface area contributed by atoms with Crippen LogP contribution in [0.5, 0.6) is 0 Å². The Bertz CT molecular complexity index is 311. The first-order valence-electron chi connectivity index (χ1n) is 4.25. The Kier molecular flexibility index (Phi) is 2.51. The monoisotopic (exact) mass is 304 g/mol. The second-order valence-corrected chi connectivity index (χ2v) is 5.51. The fourth-order valence-corrected chi connectivity index (χ4v) is 2.80. The number of benzene rings is 1. The summed E-state index contributed by atoms with van der Waals surface area (Å²) in [6.07, 6.45) is 2.65. The van der Waals surface area contributed by atoms with Crippen LogP contribution in [0, 0.1) is 0 Å². The molecule has 1 saturated carbocycles. The maximum Gasteiger partial charge on any atom is 0.0690 e. The summed E-state index contributed by atoms with van der Waals surface area (Å²) in [5.41, 5.74) is 0.779. The zero-order valence-electron chi connectivity index (χ0n) is 7.06. The number of hydrogen-bond donors (Lipinski definition) is 1. The van der Waals surface area contributed by atoms with Crippen LogP contribution >= 0.6 is 31.9 Å². The van der Waals surface area contributed by atoms with Crippen molar-refractivity contribution in [2.24, 2.45) is 0 Å². The predicted octanol–water partition coefficient (Wildman–Crippen LogP) is 3.28. The Hall–Kier alpha value is 0.140. The van der Waals surface area contributed by atoms with Crippen molar-refractivity contribution in [2.45, 2.75) is 24.9 Å². The Balaban J connectivity index is 2.20. The Morgan fingerprint density at radius 2 is 1.69 bits per heavy atom. The molecule has 1 aromatic rings. The SMILES string of the molecule is OC1(Cc2cc(Br)cc(Br)c2)CC1. The smallest absolute Gasteiger partial charge is 0.0690 e. The maximum absolute atomic E-state index is 9.73. The molecule has 0 aromatic heterocycles. The number of halogens is 2.